The van der Waals surface area contributed by atoms with Crippen LogP contribution < -0.4 is 16.4 Å². The lowest BCUT2D eigenvalue weighted by Gasteiger charge is -2.30. The summed E-state index contributed by atoms with van der Waals surface area (Å²) in [5, 5.41) is 16.7. The normalized spacial score (nSPS) is 15.2. The second-order valence-electron chi connectivity index (χ2n) is 10.3. The van der Waals surface area contributed by atoms with Gasteiger partial charge in [0.15, 0.2) is 0 Å². The number of hydrogen-bond donors (Lipinski definition) is 4. The molecule has 176 valence electrons. The van der Waals surface area contributed by atoms with E-state index in [-0.39, 0.29) is 18.2 Å². The predicted octanol–water partition coefficient (Wildman–Crippen LogP) is 3.00. The fourth-order valence-corrected chi connectivity index (χ4v) is 3.16. The first kappa shape index (κ1) is 26.9. The molecule has 0 unspecified atom stereocenters. The van der Waals surface area contributed by atoms with Crippen molar-refractivity contribution >= 4 is 12.0 Å². The van der Waals surface area contributed by atoms with Crippen LogP contribution in [0.2, 0.25) is 0 Å². The maximum atomic E-state index is 12.8. The van der Waals surface area contributed by atoms with Crippen molar-refractivity contribution in [3.8, 4) is 0 Å². The maximum absolute atomic E-state index is 12.8. The monoisotopic (exact) mass is 435 g/mol. The molecule has 0 radical (unpaired) electrons. The highest BCUT2D eigenvalue weighted by molar-refractivity contribution is 5.79. The zero-order chi connectivity index (χ0) is 23.8. The summed E-state index contributed by atoms with van der Waals surface area (Å²) in [6, 6.07) is 9.00. The van der Waals surface area contributed by atoms with Crippen molar-refractivity contribution in [2.45, 2.75) is 84.6 Å². The Morgan fingerprint density at radius 2 is 1.68 bits per heavy atom. The average molecular weight is 436 g/mol. The summed E-state index contributed by atoms with van der Waals surface area (Å²) in [6.45, 7) is 13.3. The first-order valence-electron chi connectivity index (χ1n) is 11.0. The van der Waals surface area contributed by atoms with Gasteiger partial charge in [0.05, 0.1) is 12.1 Å². The van der Waals surface area contributed by atoms with Crippen molar-refractivity contribution < 1.29 is 19.4 Å². The molecule has 0 aliphatic rings. The van der Waals surface area contributed by atoms with Crippen LogP contribution in [0.3, 0.4) is 0 Å². The molecule has 0 aromatic heterocycles. The number of nitrogens with one attached hydrogen (secondary N) is 2. The molecule has 0 heterocycles. The second-order valence-corrected chi connectivity index (χ2v) is 10.3. The quantitative estimate of drug-likeness (QED) is 0.451. The highest BCUT2D eigenvalue weighted by Crippen LogP contribution is 2.21. The SMILES string of the molecule is CC(C)[C@@H](C[C@H](O)[C@H](Cc1ccccc1)NC(=O)OC(C)(C)C)C(=O)NCC(C)(C)N. The molecule has 5 N–H and O–H groups in total. The van der Waals surface area contributed by atoms with Gasteiger partial charge in [0.2, 0.25) is 5.91 Å². The lowest BCUT2D eigenvalue weighted by molar-refractivity contribution is -0.127. The molecular weight excluding hydrogens is 394 g/mol. The minimum Gasteiger partial charge on any atom is -0.444 e. The number of aliphatic hydroxyl groups is 1. The number of carbonyl (C=O) groups excluding carboxylic acids is 2. The number of alkyl carbamates (subject to hydrolysis) is 1. The lowest BCUT2D eigenvalue weighted by atomic mass is 9.86. The summed E-state index contributed by atoms with van der Waals surface area (Å²) in [6.07, 6.45) is -0.898. The van der Waals surface area contributed by atoms with Gasteiger partial charge in [0.25, 0.3) is 0 Å². The maximum Gasteiger partial charge on any atom is 0.407 e. The Morgan fingerprint density at radius 1 is 1.10 bits per heavy atom. The zero-order valence-electron chi connectivity index (χ0n) is 20.1. The third-order valence-corrected chi connectivity index (χ3v) is 4.82. The Labute approximate surface area is 187 Å². The summed E-state index contributed by atoms with van der Waals surface area (Å²) >= 11 is 0. The van der Waals surface area contributed by atoms with Crippen LogP contribution in [0.25, 0.3) is 0 Å². The number of nitrogens with two attached hydrogens (primary N) is 1. The Balaban J connectivity index is 2.95. The van der Waals surface area contributed by atoms with Gasteiger partial charge in [-0.3, -0.25) is 4.79 Å². The standard InChI is InChI=1S/C24H41N3O4/c1-16(2)18(21(29)26-15-24(6,7)25)14-20(28)19(13-17-11-9-8-10-12-17)27-22(30)31-23(3,4)5/h8-12,16,18-20,28H,13-15,25H2,1-7H3,(H,26,29)(H,27,30)/t18-,19+,20+/m1/s1. The van der Waals surface area contributed by atoms with Gasteiger partial charge in [-0.05, 0) is 58.9 Å². The van der Waals surface area contributed by atoms with Crippen LogP contribution in [0.15, 0.2) is 30.3 Å². The van der Waals surface area contributed by atoms with E-state index in [0.717, 1.165) is 5.56 Å². The summed E-state index contributed by atoms with van der Waals surface area (Å²) in [5.74, 6) is -0.561. The molecule has 0 aliphatic heterocycles. The number of rotatable bonds is 10. The first-order valence-corrected chi connectivity index (χ1v) is 11.0. The number of benzene rings is 1. The van der Waals surface area contributed by atoms with E-state index in [1.54, 1.807) is 20.8 Å². The fourth-order valence-electron chi connectivity index (χ4n) is 3.16. The lowest BCUT2D eigenvalue weighted by Crippen LogP contribution is -2.50. The number of amides is 2. The van der Waals surface area contributed by atoms with E-state index < -0.39 is 35.3 Å². The van der Waals surface area contributed by atoms with Crippen molar-refractivity contribution in [1.29, 1.82) is 0 Å². The van der Waals surface area contributed by atoms with E-state index in [9.17, 15) is 14.7 Å². The summed E-state index contributed by atoms with van der Waals surface area (Å²) in [7, 11) is 0. The predicted molar refractivity (Wildman–Crippen MR) is 124 cm³/mol. The van der Waals surface area contributed by atoms with E-state index >= 15 is 0 Å². The van der Waals surface area contributed by atoms with E-state index in [2.05, 4.69) is 10.6 Å². The molecule has 0 saturated heterocycles. The van der Waals surface area contributed by atoms with Crippen LogP contribution >= 0.6 is 0 Å². The third-order valence-electron chi connectivity index (χ3n) is 4.82. The largest absolute Gasteiger partial charge is 0.444 e. The van der Waals surface area contributed by atoms with Crippen molar-refractivity contribution in [2.75, 3.05) is 6.54 Å². The van der Waals surface area contributed by atoms with Crippen LogP contribution in [0.5, 0.6) is 0 Å². The molecule has 1 rings (SSSR count). The highest BCUT2D eigenvalue weighted by Gasteiger charge is 2.31. The van der Waals surface area contributed by atoms with Crippen LogP contribution in [-0.2, 0) is 16.0 Å². The minimum atomic E-state index is -0.934. The zero-order valence-corrected chi connectivity index (χ0v) is 20.1. The van der Waals surface area contributed by atoms with Gasteiger partial charge in [-0.2, -0.15) is 0 Å². The molecule has 1 aromatic rings. The molecule has 0 spiro atoms. The van der Waals surface area contributed by atoms with Gasteiger partial charge in [-0.15, -0.1) is 0 Å². The Kier molecular flexibility index (Phi) is 9.97. The topological polar surface area (TPSA) is 114 Å². The Hall–Kier alpha value is -2.12. The molecule has 0 saturated carbocycles. The number of aliphatic hydroxyl groups excluding tert-OH is 1. The molecule has 0 aliphatic carbocycles. The molecule has 0 fully saturated rings. The summed E-state index contributed by atoms with van der Waals surface area (Å²) < 4.78 is 5.38. The Bertz CT molecular complexity index is 693. The molecular formula is C24H41N3O4. The van der Waals surface area contributed by atoms with E-state index in [0.29, 0.717) is 13.0 Å². The van der Waals surface area contributed by atoms with Gasteiger partial charge in [0, 0.05) is 18.0 Å². The summed E-state index contributed by atoms with van der Waals surface area (Å²) in [5.41, 5.74) is 5.77. The van der Waals surface area contributed by atoms with E-state index in [4.69, 9.17) is 10.5 Å². The molecule has 3 atom stereocenters. The van der Waals surface area contributed by atoms with Crippen LogP contribution in [0.1, 0.15) is 60.5 Å². The second kappa shape index (κ2) is 11.5. The average Bonchev–Trinajstić information content (AvgIpc) is 2.62. The molecule has 7 nitrogen and oxygen atoms in total. The van der Waals surface area contributed by atoms with Crippen molar-refractivity contribution in [2.24, 2.45) is 17.6 Å². The smallest absolute Gasteiger partial charge is 0.407 e. The van der Waals surface area contributed by atoms with Gasteiger partial charge < -0.3 is 26.2 Å². The van der Waals surface area contributed by atoms with Crippen LogP contribution in [0.4, 0.5) is 4.79 Å². The van der Waals surface area contributed by atoms with Crippen molar-refractivity contribution in [1.82, 2.24) is 10.6 Å². The molecule has 0 bridgehead atoms. The first-order chi connectivity index (χ1) is 14.2. The van der Waals surface area contributed by atoms with Gasteiger partial charge >= 0.3 is 6.09 Å². The Morgan fingerprint density at radius 3 is 2.16 bits per heavy atom. The molecule has 1 aromatic carbocycles. The number of hydrogen-bond acceptors (Lipinski definition) is 5. The molecule has 31 heavy (non-hydrogen) atoms. The van der Waals surface area contributed by atoms with Gasteiger partial charge in [0.1, 0.15) is 5.60 Å². The van der Waals surface area contributed by atoms with Gasteiger partial charge in [-0.25, -0.2) is 4.79 Å². The van der Waals surface area contributed by atoms with Gasteiger partial charge in [-0.1, -0.05) is 44.2 Å². The number of ether oxygens (including phenoxy) is 1. The number of carbonyl (C=O) groups is 2. The fraction of sp³-hybridized carbons (Fsp3) is 0.667. The van der Waals surface area contributed by atoms with E-state index in [1.165, 1.54) is 0 Å². The highest BCUT2D eigenvalue weighted by atomic mass is 16.6. The van der Waals surface area contributed by atoms with Crippen molar-refractivity contribution in [3.63, 3.8) is 0 Å². The third kappa shape index (κ3) is 11.2. The van der Waals surface area contributed by atoms with Crippen LogP contribution in [-0.4, -0.2) is 46.9 Å². The molecule has 2 amide bonds. The van der Waals surface area contributed by atoms with E-state index in [1.807, 2.05) is 58.0 Å². The minimum absolute atomic E-state index is 0.00874. The summed E-state index contributed by atoms with van der Waals surface area (Å²) in [4.78, 5) is 25.2. The van der Waals surface area contributed by atoms with Crippen LogP contribution in [0, 0.1) is 11.8 Å². The molecule has 7 heteroatoms. The van der Waals surface area contributed by atoms with Crippen molar-refractivity contribution in [3.05, 3.63) is 35.9 Å².